The molecule has 2 N–H and O–H groups in total. The normalized spacial score (nSPS) is 13.7. The molecular formula is C24H34IN5O3. The number of guanidine groups is 1. The van der Waals surface area contributed by atoms with Gasteiger partial charge in [-0.2, -0.15) is 0 Å². The first kappa shape index (κ1) is 26.6. The minimum Gasteiger partial charge on any atom is -0.493 e. The Labute approximate surface area is 213 Å². The summed E-state index contributed by atoms with van der Waals surface area (Å²) in [6.07, 6.45) is 0.383. The van der Waals surface area contributed by atoms with Gasteiger partial charge in [0.15, 0.2) is 17.5 Å². The van der Waals surface area contributed by atoms with Crippen LogP contribution in [0.4, 0.5) is 11.4 Å². The number of methoxy groups -OCH3 is 2. The highest BCUT2D eigenvalue weighted by atomic mass is 127. The zero-order valence-electron chi connectivity index (χ0n) is 19.5. The highest BCUT2D eigenvalue weighted by Crippen LogP contribution is 2.29. The summed E-state index contributed by atoms with van der Waals surface area (Å²) in [5.74, 6) is 2.07. The van der Waals surface area contributed by atoms with Crippen LogP contribution < -0.4 is 25.0 Å². The first-order chi connectivity index (χ1) is 15.6. The summed E-state index contributed by atoms with van der Waals surface area (Å²) in [6.45, 7) is 6.31. The smallest absolute Gasteiger partial charge is 0.224 e. The summed E-state index contributed by atoms with van der Waals surface area (Å²) in [5, 5.41) is 6.46. The lowest BCUT2D eigenvalue weighted by Gasteiger charge is -2.36. The van der Waals surface area contributed by atoms with Crippen LogP contribution >= 0.6 is 24.0 Å². The van der Waals surface area contributed by atoms with Gasteiger partial charge in [0.05, 0.1) is 20.8 Å². The van der Waals surface area contributed by atoms with E-state index < -0.39 is 0 Å². The predicted molar refractivity (Wildman–Crippen MR) is 144 cm³/mol. The van der Waals surface area contributed by atoms with E-state index in [9.17, 15) is 4.79 Å². The number of anilines is 2. The molecule has 8 nitrogen and oxygen atoms in total. The number of nitrogens with one attached hydrogen (secondary N) is 2. The number of amides is 1. The second-order valence-electron chi connectivity index (χ2n) is 7.41. The molecule has 0 atom stereocenters. The van der Waals surface area contributed by atoms with Crippen LogP contribution in [0, 0.1) is 0 Å². The van der Waals surface area contributed by atoms with Crippen molar-refractivity contribution in [2.75, 3.05) is 63.7 Å². The lowest BCUT2D eigenvalue weighted by molar-refractivity contribution is -0.131. The van der Waals surface area contributed by atoms with Crippen LogP contribution in [-0.2, 0) is 4.79 Å². The minimum atomic E-state index is 0. The average molecular weight is 567 g/mol. The van der Waals surface area contributed by atoms with Crippen LogP contribution in [0.15, 0.2) is 53.5 Å². The van der Waals surface area contributed by atoms with Crippen LogP contribution in [0.25, 0.3) is 0 Å². The number of hydrogen-bond acceptors (Lipinski definition) is 5. The highest BCUT2D eigenvalue weighted by molar-refractivity contribution is 14.0. The second kappa shape index (κ2) is 13.8. The molecule has 0 aliphatic carbocycles. The lowest BCUT2D eigenvalue weighted by atomic mass is 10.2. The van der Waals surface area contributed by atoms with Crippen molar-refractivity contribution in [3.8, 4) is 11.5 Å². The van der Waals surface area contributed by atoms with Crippen molar-refractivity contribution < 1.29 is 14.3 Å². The van der Waals surface area contributed by atoms with Gasteiger partial charge in [-0.05, 0) is 31.2 Å². The maximum Gasteiger partial charge on any atom is 0.224 e. The molecule has 1 heterocycles. The van der Waals surface area contributed by atoms with Gasteiger partial charge < -0.3 is 29.9 Å². The monoisotopic (exact) mass is 567 g/mol. The molecule has 2 aromatic carbocycles. The molecule has 0 bridgehead atoms. The Morgan fingerprint density at radius 3 is 2.33 bits per heavy atom. The summed E-state index contributed by atoms with van der Waals surface area (Å²) in [5.41, 5.74) is 2.03. The Morgan fingerprint density at radius 2 is 1.70 bits per heavy atom. The first-order valence-corrected chi connectivity index (χ1v) is 11.0. The molecule has 0 radical (unpaired) electrons. The van der Waals surface area contributed by atoms with Crippen molar-refractivity contribution in [1.82, 2.24) is 10.2 Å². The maximum atomic E-state index is 12.7. The molecule has 0 unspecified atom stereocenters. The van der Waals surface area contributed by atoms with Gasteiger partial charge >= 0.3 is 0 Å². The SMILES string of the molecule is CCNC(=NCCC(=O)N1CCN(c2ccccc2)CC1)Nc1ccc(OC)c(OC)c1.I. The van der Waals surface area contributed by atoms with E-state index >= 15 is 0 Å². The van der Waals surface area contributed by atoms with Gasteiger partial charge in [0.1, 0.15) is 0 Å². The van der Waals surface area contributed by atoms with Crippen molar-refractivity contribution in [3.05, 3.63) is 48.5 Å². The molecule has 2 aromatic rings. The van der Waals surface area contributed by atoms with E-state index in [1.54, 1.807) is 14.2 Å². The number of para-hydroxylation sites is 1. The number of aliphatic imine (C=N–C) groups is 1. The third-order valence-corrected chi connectivity index (χ3v) is 5.34. The third-order valence-electron chi connectivity index (χ3n) is 5.34. The van der Waals surface area contributed by atoms with E-state index in [0.717, 1.165) is 31.9 Å². The van der Waals surface area contributed by atoms with Crippen molar-refractivity contribution in [2.24, 2.45) is 4.99 Å². The Bertz CT molecular complexity index is 902. The quantitative estimate of drug-likeness (QED) is 0.289. The maximum absolute atomic E-state index is 12.7. The van der Waals surface area contributed by atoms with E-state index in [1.807, 2.05) is 48.2 Å². The molecule has 0 saturated carbocycles. The zero-order chi connectivity index (χ0) is 22.8. The van der Waals surface area contributed by atoms with Gasteiger partial charge in [-0.15, -0.1) is 24.0 Å². The average Bonchev–Trinajstić information content (AvgIpc) is 2.84. The molecule has 1 aliphatic rings. The van der Waals surface area contributed by atoms with E-state index in [0.29, 0.717) is 37.0 Å². The first-order valence-electron chi connectivity index (χ1n) is 11.0. The van der Waals surface area contributed by atoms with Crippen molar-refractivity contribution >= 4 is 47.2 Å². The number of ether oxygens (including phenoxy) is 2. The molecule has 1 saturated heterocycles. The van der Waals surface area contributed by atoms with E-state index in [1.165, 1.54) is 5.69 Å². The van der Waals surface area contributed by atoms with Gasteiger partial charge in [-0.3, -0.25) is 9.79 Å². The van der Waals surface area contributed by atoms with Crippen LogP contribution in [0.3, 0.4) is 0 Å². The third kappa shape index (κ3) is 7.69. The van der Waals surface area contributed by atoms with Gasteiger partial charge in [0, 0.05) is 56.6 Å². The van der Waals surface area contributed by atoms with Gasteiger partial charge in [-0.25, -0.2) is 0 Å². The summed E-state index contributed by atoms with van der Waals surface area (Å²) in [6, 6.07) is 15.9. The highest BCUT2D eigenvalue weighted by Gasteiger charge is 2.20. The molecule has 3 rings (SSSR count). The van der Waals surface area contributed by atoms with Crippen molar-refractivity contribution in [1.29, 1.82) is 0 Å². The van der Waals surface area contributed by atoms with Crippen LogP contribution in [-0.4, -0.2) is 70.3 Å². The molecular weight excluding hydrogens is 533 g/mol. The summed E-state index contributed by atoms with van der Waals surface area (Å²) in [7, 11) is 3.21. The fraction of sp³-hybridized carbons (Fsp3) is 0.417. The molecule has 180 valence electrons. The standard InChI is InChI=1S/C24H33N5O3.HI/c1-4-25-24(27-19-10-11-21(31-2)22(18-19)32-3)26-13-12-23(30)29-16-14-28(15-17-29)20-8-6-5-7-9-20;/h5-11,18H,4,12-17H2,1-3H3,(H2,25,26,27);1H. The van der Waals surface area contributed by atoms with Crippen LogP contribution in [0.2, 0.25) is 0 Å². The van der Waals surface area contributed by atoms with E-state index in [-0.39, 0.29) is 29.9 Å². The molecule has 0 aromatic heterocycles. The topological polar surface area (TPSA) is 78.4 Å². The second-order valence-corrected chi connectivity index (χ2v) is 7.41. The number of benzene rings is 2. The van der Waals surface area contributed by atoms with E-state index in [4.69, 9.17) is 9.47 Å². The van der Waals surface area contributed by atoms with Crippen molar-refractivity contribution in [2.45, 2.75) is 13.3 Å². The van der Waals surface area contributed by atoms with Gasteiger partial charge in [0.2, 0.25) is 5.91 Å². The fourth-order valence-corrected chi connectivity index (χ4v) is 3.63. The fourth-order valence-electron chi connectivity index (χ4n) is 3.63. The van der Waals surface area contributed by atoms with Gasteiger partial charge in [-0.1, -0.05) is 18.2 Å². The molecule has 0 spiro atoms. The number of piperazine rings is 1. The Hall–Kier alpha value is -2.69. The molecule has 33 heavy (non-hydrogen) atoms. The molecule has 1 aliphatic heterocycles. The summed E-state index contributed by atoms with van der Waals surface area (Å²) < 4.78 is 10.6. The Morgan fingerprint density at radius 1 is 1.00 bits per heavy atom. The number of carbonyl (C=O) groups excluding carboxylic acids is 1. The molecule has 1 amide bonds. The number of hydrogen-bond donors (Lipinski definition) is 2. The summed E-state index contributed by atoms with van der Waals surface area (Å²) in [4.78, 5) is 21.5. The van der Waals surface area contributed by atoms with Crippen LogP contribution in [0.5, 0.6) is 11.5 Å². The number of halogens is 1. The van der Waals surface area contributed by atoms with E-state index in [2.05, 4.69) is 32.7 Å². The number of carbonyl (C=O) groups is 1. The van der Waals surface area contributed by atoms with Crippen molar-refractivity contribution in [3.63, 3.8) is 0 Å². The number of rotatable bonds is 8. The Balaban J connectivity index is 0.00000385. The Kier molecular flexibility index (Phi) is 11.1. The lowest BCUT2D eigenvalue weighted by Crippen LogP contribution is -2.48. The number of nitrogens with zero attached hydrogens (tertiary/aromatic N) is 3. The molecule has 9 heteroatoms. The van der Waals surface area contributed by atoms with Gasteiger partial charge in [0.25, 0.3) is 0 Å². The van der Waals surface area contributed by atoms with Crippen LogP contribution in [0.1, 0.15) is 13.3 Å². The molecule has 1 fully saturated rings. The predicted octanol–water partition coefficient (Wildman–Crippen LogP) is 3.44. The minimum absolute atomic E-state index is 0. The summed E-state index contributed by atoms with van der Waals surface area (Å²) >= 11 is 0. The zero-order valence-corrected chi connectivity index (χ0v) is 21.9. The largest absolute Gasteiger partial charge is 0.493 e.